The molecule has 15 bridgehead atoms. The number of aliphatic hydroxyl groups is 5. The third kappa shape index (κ3) is 21.6. The van der Waals surface area contributed by atoms with Crippen LogP contribution >= 0.6 is 23.2 Å². The highest BCUT2D eigenvalue weighted by molar-refractivity contribution is 7.89. The van der Waals surface area contributed by atoms with Gasteiger partial charge in [-0.05, 0) is 182 Å². The minimum atomic E-state index is -3.73. The monoisotopic (exact) mass is 1810 g/mol. The van der Waals surface area contributed by atoms with Crippen LogP contribution in [0, 0.1) is 53.3 Å². The highest BCUT2D eigenvalue weighted by atomic mass is 35.5. The summed E-state index contributed by atoms with van der Waals surface area (Å²) in [5, 5.41) is 111. The van der Waals surface area contributed by atoms with Gasteiger partial charge in [0.05, 0.1) is 45.9 Å². The van der Waals surface area contributed by atoms with E-state index in [9.17, 15) is 58.9 Å². The maximum atomic E-state index is 16.7. The van der Waals surface area contributed by atoms with Crippen molar-refractivity contribution in [3.63, 3.8) is 0 Å². The molecule has 2 saturated heterocycles. The summed E-state index contributed by atoms with van der Waals surface area (Å²) in [6.07, 6.45) is -7.65. The first-order valence-electron chi connectivity index (χ1n) is 44.0. The Balaban J connectivity index is 0.991. The van der Waals surface area contributed by atoms with Crippen LogP contribution in [0.1, 0.15) is 221 Å². The highest BCUT2D eigenvalue weighted by Crippen LogP contribution is 2.59. The number of aromatic hydroxyl groups is 3. The minimum absolute atomic E-state index is 0.0180. The number of halogens is 2. The van der Waals surface area contributed by atoms with E-state index < -0.39 is 221 Å². The molecule has 0 aromatic heterocycles. The van der Waals surface area contributed by atoms with E-state index in [1.54, 1.807) is 13.8 Å². The molecule has 18 N–H and O–H groups in total. The average molecular weight is 1810 g/mol. The molecule has 6 fully saturated rings. The molecule has 32 nitrogen and oxygen atoms in total. The number of nitrogens with two attached hydrogens (primary N) is 2. The largest absolute Gasteiger partial charge is 0.507 e. The Morgan fingerprint density at radius 3 is 1.94 bits per heavy atom. The molecule has 18 atom stereocenters. The van der Waals surface area contributed by atoms with Crippen LogP contribution in [-0.4, -0.2) is 183 Å². The Morgan fingerprint density at radius 2 is 1.33 bits per heavy atom. The van der Waals surface area contributed by atoms with Gasteiger partial charge >= 0.3 is 0 Å². The van der Waals surface area contributed by atoms with Gasteiger partial charge in [0.1, 0.15) is 83.4 Å². The summed E-state index contributed by atoms with van der Waals surface area (Å²) in [7, 11) is -3.73. The summed E-state index contributed by atoms with van der Waals surface area (Å²) in [4.78, 5) is 124. The molecule has 11 aliphatic rings. The molecule has 0 spiro atoms. The van der Waals surface area contributed by atoms with Gasteiger partial charge in [-0.25, -0.2) is 13.1 Å². The highest BCUT2D eigenvalue weighted by Gasteiger charge is 2.53. The second kappa shape index (κ2) is 41.0. The zero-order valence-electron chi connectivity index (χ0n) is 71.5. The van der Waals surface area contributed by atoms with E-state index in [0.29, 0.717) is 31.1 Å². The number of sulfonamides is 1. The number of phenols is 3. The lowest BCUT2D eigenvalue weighted by Crippen LogP contribution is -2.62. The molecule has 16 rings (SSSR count). The minimum Gasteiger partial charge on any atom is -0.507 e. The third-order valence-corrected chi connectivity index (χ3v) is 28.7. The number of phenolic OH excluding ortho intramolecular Hbond substituents is 3. The van der Waals surface area contributed by atoms with Crippen LogP contribution in [0.25, 0.3) is 11.1 Å². The predicted molar refractivity (Wildman–Crippen MR) is 461 cm³/mol. The molecular formula is C91H118Cl2N8O24S. The number of carbonyl (C=O) groups is 8. The second-order valence-electron chi connectivity index (χ2n) is 36.0. The maximum Gasteiger partial charge on any atom is 0.246 e. The lowest BCUT2D eigenvalue weighted by molar-refractivity contribution is -0.328. The molecule has 0 radical (unpaired) electrons. The number of unbranched alkanes of at least 4 members (excludes halogenated alkanes) is 5. The third-order valence-electron chi connectivity index (χ3n) is 26.7. The topological polar surface area (TPSA) is 512 Å². The number of hydrogen-bond acceptors (Lipinski definition) is 26. The Labute approximate surface area is 742 Å². The Kier molecular flexibility index (Phi) is 30.9. The van der Waals surface area contributed by atoms with Crippen LogP contribution in [-0.2, 0) is 69.1 Å². The first kappa shape index (κ1) is 94.9. The molecular weight excluding hydrogens is 1690 g/mol. The number of nitrogens with one attached hydrogen (secondary N) is 6. The first-order valence-corrected chi connectivity index (χ1v) is 46.4. The van der Waals surface area contributed by atoms with Crippen LogP contribution < -0.4 is 57.0 Å². The van der Waals surface area contributed by atoms with Crippen molar-refractivity contribution in [2.45, 2.75) is 255 Å². The molecule has 5 aromatic carbocycles. The summed E-state index contributed by atoms with van der Waals surface area (Å²) >= 11 is 14.6. The van der Waals surface area contributed by atoms with Gasteiger partial charge in [-0.1, -0.05) is 108 Å². The maximum absolute atomic E-state index is 16.7. The lowest BCUT2D eigenvalue weighted by Gasteiger charge is -2.54. The molecule has 4 aliphatic carbocycles. The summed E-state index contributed by atoms with van der Waals surface area (Å²) in [6.45, 7) is 9.79. The molecule has 7 heterocycles. The second-order valence-corrected chi connectivity index (χ2v) is 38.8. The van der Waals surface area contributed by atoms with Gasteiger partial charge in [-0.15, -0.1) is 0 Å². The van der Waals surface area contributed by atoms with Crippen molar-refractivity contribution in [3.05, 3.63) is 116 Å². The van der Waals surface area contributed by atoms with Crippen molar-refractivity contribution in [1.82, 2.24) is 31.3 Å². The average Bonchev–Trinajstić information content (AvgIpc) is 0.755. The van der Waals surface area contributed by atoms with Crippen LogP contribution in [0.4, 0.5) is 0 Å². The molecule has 4 saturated carbocycles. The number of primary amides is 1. The molecule has 126 heavy (non-hydrogen) atoms. The molecule has 35 heteroatoms. The normalized spacial score (nSPS) is 30.0. The van der Waals surface area contributed by atoms with Gasteiger partial charge < -0.3 is 107 Å². The smallest absolute Gasteiger partial charge is 0.246 e. The number of rotatable bonds is 28. The van der Waals surface area contributed by atoms with Crippen LogP contribution in [0.2, 0.25) is 10.0 Å². The SMILES string of the molecule is CCCCCCCCS(=O)(=O)NCCNCc1c(O)cc2c(c1O)-c1cc(ccc1O)[C@H]1CC(=O)[C@@H]3NC(=O)[C@H](CC(N)=O)CC(=O)[C@H](NC(=O)[C@H](CC)CC(C)C)[C@H](O)c4ccc(c(Cl)c4)Oc4cc3cc(c4O[C@@H]3O[C@H](CO)[C@@H](O)[C@H](O)[C@H]3O[C@H]3C[C@H](N)[C@H](C)[C@H](C)O3)Oc3ccc(cc3Cl)[C@@H](O)[C@H](NC1=O)C(=O)N[C@@H]2C(=O)CC1C2CC3CC(C2)CC1C3. The number of hydrogen-bond donors (Lipinski definition) is 16. The van der Waals surface area contributed by atoms with E-state index in [1.165, 1.54) is 48.5 Å². The van der Waals surface area contributed by atoms with Crippen molar-refractivity contribution in [2.24, 2.45) is 64.7 Å². The number of Topliss-reactive ketones (excluding diaryl/α,β-unsaturated/α-hetero) is 3. The van der Waals surface area contributed by atoms with Crippen molar-refractivity contribution >= 4 is 80.1 Å². The molecule has 5 aromatic rings. The Hall–Kier alpha value is -8.65. The summed E-state index contributed by atoms with van der Waals surface area (Å²) < 4.78 is 68.4. The van der Waals surface area contributed by atoms with E-state index in [1.807, 2.05) is 20.8 Å². The number of ketones is 3. The number of carbonyl (C=O) groups excluding carboxylic acids is 8. The van der Waals surface area contributed by atoms with Crippen LogP contribution in [0.3, 0.4) is 0 Å². The zero-order chi connectivity index (χ0) is 90.6. The zero-order valence-corrected chi connectivity index (χ0v) is 73.8. The number of fused-ring (bicyclic) bond motifs is 15. The van der Waals surface area contributed by atoms with Gasteiger partial charge in [0.25, 0.3) is 0 Å². The molecule has 0 unspecified atom stereocenters. The number of benzene rings is 5. The van der Waals surface area contributed by atoms with E-state index in [4.69, 9.17) is 63.1 Å². The Bertz CT molecular complexity index is 4940. The van der Waals surface area contributed by atoms with E-state index in [-0.39, 0.29) is 134 Å². The van der Waals surface area contributed by atoms with Crippen molar-refractivity contribution in [3.8, 4) is 57.1 Å². The summed E-state index contributed by atoms with van der Waals surface area (Å²) in [5.41, 5.74) is 10.6. The van der Waals surface area contributed by atoms with E-state index >= 15 is 28.8 Å². The number of aliphatic hydroxyl groups excluding tert-OH is 5. The van der Waals surface area contributed by atoms with Crippen LogP contribution in [0.15, 0.2) is 72.8 Å². The van der Waals surface area contributed by atoms with Gasteiger partial charge in [-0.3, -0.25) is 38.4 Å². The lowest BCUT2D eigenvalue weighted by atomic mass is 9.51. The van der Waals surface area contributed by atoms with Crippen molar-refractivity contribution in [1.29, 1.82) is 0 Å². The van der Waals surface area contributed by atoms with Crippen molar-refractivity contribution in [2.75, 3.05) is 25.4 Å². The fourth-order valence-electron chi connectivity index (χ4n) is 19.7. The number of amides is 5. The Morgan fingerprint density at radius 1 is 0.683 bits per heavy atom. The standard InChI is InChI=1S/C91H118Cl2N8O24S/c1-7-9-10-11-12-13-22-126(118,119)97-21-20-96-40-59-64(104)38-58-75(82(59)111)57-29-48(14-17-63(57)103)56-37-66(106)76-53-33-70(121-68-18-15-49(30-60(68)92)80(109)78(100-87(114)47(8-2)23-42(3)4)65(105)32-54(35-73(95)108)88(115)98-76)85(125-91-86(84(113)83(112)72(41-102)123-91)124-74-39-62(94)43(5)44(6)120-74)71(34-53)122-69-19-16-50(31-61(69)93)81(110)79(101-89(56)116)90(117)99-77(58)67(107)36-55-51-25-45-24-46(27-51)28-52(55)26-45/h14-19,29-31,33-34,38,42-47,51-52,54-56,62,72,74,76-81,83-84,86,91,96-97,102-104,109-113H,7-13,20-28,32,35-37,39-41,94H2,1-6H3,(H2,95,108)(H,98,115)(H,99,117)(H,100,114)(H,101,116)/t43-,44+,45?,46?,47-,51?,52?,54+,55?,56-,62+,72-,74+,76-,77+,78+,79+,80-,81-,83-,84+,86-,91+/m1/s1. The van der Waals surface area contributed by atoms with Gasteiger partial charge in [-0.2, -0.15) is 0 Å². The number of ether oxygens (including phenoxy) is 6. The fraction of sp³-hybridized carbons (Fsp3) is 0.582. The molecule has 7 aliphatic heterocycles. The van der Waals surface area contributed by atoms with Gasteiger partial charge in [0, 0.05) is 74.8 Å². The summed E-state index contributed by atoms with van der Waals surface area (Å²) in [6, 6.07) is 5.93. The fourth-order valence-corrected chi connectivity index (χ4v) is 21.3. The first-order chi connectivity index (χ1) is 60.0. The molecule has 686 valence electrons. The van der Waals surface area contributed by atoms with E-state index in [0.717, 1.165) is 88.5 Å². The van der Waals surface area contributed by atoms with E-state index in [2.05, 4.69) is 38.2 Å². The quantitative estimate of drug-likeness (QED) is 0.0208. The predicted octanol–water partition coefficient (Wildman–Crippen LogP) is 8.72. The summed E-state index contributed by atoms with van der Waals surface area (Å²) in [5.74, 6) is -16.2. The van der Waals surface area contributed by atoms with Crippen LogP contribution in [0.5, 0.6) is 46.0 Å². The van der Waals surface area contributed by atoms with Gasteiger partial charge in [0.15, 0.2) is 41.2 Å². The van der Waals surface area contributed by atoms with Gasteiger partial charge in [0.2, 0.25) is 51.6 Å². The van der Waals surface area contributed by atoms with Crippen molar-refractivity contribution < 1.29 is 116 Å². The molecule has 5 amide bonds.